The SMILES string of the molecule is CCOP(=O)(CCc1ccc(-c2nc(-c3ccc(-c4cc[n+](CC)cc4)cc3)cc(-c3ccc(-c4cc[n+](CC(F)(F)F)cc4)cc3)n2)cc1)OCC. The minimum absolute atomic E-state index is 0.286. The maximum absolute atomic E-state index is 13.0. The Balaban J connectivity index is 1.31. The molecular formula is C42H42F3N4O3P+2. The minimum atomic E-state index is -4.29. The van der Waals surface area contributed by atoms with E-state index in [1.807, 2.05) is 54.6 Å². The summed E-state index contributed by atoms with van der Waals surface area (Å²) in [4.78, 5) is 9.99. The van der Waals surface area contributed by atoms with E-state index < -0.39 is 20.3 Å². The molecule has 0 bridgehead atoms. The average Bonchev–Trinajstić information content (AvgIpc) is 3.17. The molecule has 11 heteroatoms. The Morgan fingerprint density at radius 1 is 0.585 bits per heavy atom. The lowest BCUT2D eigenvalue weighted by molar-refractivity contribution is -0.719. The number of benzene rings is 3. The van der Waals surface area contributed by atoms with Gasteiger partial charge in [-0.1, -0.05) is 72.8 Å². The second kappa shape index (κ2) is 16.8. The third-order valence-electron chi connectivity index (χ3n) is 8.80. The van der Waals surface area contributed by atoms with Gasteiger partial charge in [-0.2, -0.15) is 17.7 Å². The van der Waals surface area contributed by atoms with Gasteiger partial charge in [0.1, 0.15) is 6.54 Å². The van der Waals surface area contributed by atoms with Crippen molar-refractivity contribution in [2.24, 2.45) is 0 Å². The molecule has 6 rings (SSSR count). The number of hydrogen-bond acceptors (Lipinski definition) is 5. The highest BCUT2D eigenvalue weighted by atomic mass is 31.2. The molecule has 0 N–H and O–H groups in total. The van der Waals surface area contributed by atoms with Crippen LogP contribution >= 0.6 is 7.60 Å². The Morgan fingerprint density at radius 3 is 1.43 bits per heavy atom. The Bertz CT molecular complexity index is 2150. The molecule has 0 saturated heterocycles. The van der Waals surface area contributed by atoms with Gasteiger partial charge in [0.2, 0.25) is 6.54 Å². The van der Waals surface area contributed by atoms with Crippen LogP contribution in [-0.4, -0.2) is 35.5 Å². The van der Waals surface area contributed by atoms with E-state index in [4.69, 9.17) is 19.0 Å². The number of aromatic nitrogens is 4. The molecule has 0 saturated carbocycles. The molecule has 53 heavy (non-hydrogen) atoms. The van der Waals surface area contributed by atoms with Crippen molar-refractivity contribution in [1.29, 1.82) is 0 Å². The molecule has 0 aliphatic carbocycles. The summed E-state index contributed by atoms with van der Waals surface area (Å²) >= 11 is 0. The third-order valence-corrected chi connectivity index (χ3v) is 10.9. The second-order valence-corrected chi connectivity index (χ2v) is 14.7. The molecule has 0 fully saturated rings. The van der Waals surface area contributed by atoms with Crippen molar-refractivity contribution in [3.05, 3.63) is 133 Å². The topological polar surface area (TPSA) is 69.1 Å². The minimum Gasteiger partial charge on any atom is -0.309 e. The Kier molecular flexibility index (Phi) is 11.9. The molecule has 0 unspecified atom stereocenters. The fourth-order valence-electron chi connectivity index (χ4n) is 6.01. The van der Waals surface area contributed by atoms with Crippen molar-refractivity contribution in [3.8, 4) is 56.2 Å². The fourth-order valence-corrected chi connectivity index (χ4v) is 7.66. The number of rotatable bonds is 14. The van der Waals surface area contributed by atoms with Gasteiger partial charge in [-0.3, -0.25) is 4.57 Å². The lowest BCUT2D eigenvalue weighted by Gasteiger charge is -2.16. The highest BCUT2D eigenvalue weighted by Crippen LogP contribution is 2.48. The Hall–Kier alpha value is -5.02. The van der Waals surface area contributed by atoms with E-state index in [1.165, 1.54) is 12.4 Å². The maximum Gasteiger partial charge on any atom is 0.448 e. The van der Waals surface area contributed by atoms with Crippen molar-refractivity contribution >= 4 is 7.60 Å². The molecule has 0 spiro atoms. The maximum atomic E-state index is 13.0. The first-order valence-electron chi connectivity index (χ1n) is 17.7. The molecule has 7 nitrogen and oxygen atoms in total. The Labute approximate surface area is 308 Å². The number of pyridine rings is 2. The number of nitrogens with zero attached hydrogens (tertiary/aromatic N) is 4. The molecular weight excluding hydrogens is 696 g/mol. The summed E-state index contributed by atoms with van der Waals surface area (Å²) in [6.07, 6.45) is 3.55. The van der Waals surface area contributed by atoms with Crippen LogP contribution in [0.5, 0.6) is 0 Å². The average molecular weight is 739 g/mol. The lowest BCUT2D eigenvalue weighted by atomic mass is 10.0. The van der Waals surface area contributed by atoms with Crippen molar-refractivity contribution in [2.75, 3.05) is 19.4 Å². The van der Waals surface area contributed by atoms with E-state index in [0.29, 0.717) is 25.5 Å². The molecule has 0 atom stereocenters. The molecule has 3 heterocycles. The zero-order valence-electron chi connectivity index (χ0n) is 30.0. The van der Waals surface area contributed by atoms with Crippen LogP contribution in [0, 0.1) is 0 Å². The highest BCUT2D eigenvalue weighted by Gasteiger charge is 2.33. The van der Waals surface area contributed by atoms with Crippen LogP contribution in [-0.2, 0) is 33.1 Å². The predicted molar refractivity (Wildman–Crippen MR) is 201 cm³/mol. The van der Waals surface area contributed by atoms with Gasteiger partial charge in [0.05, 0.1) is 30.8 Å². The summed E-state index contributed by atoms with van der Waals surface area (Å²) in [5.41, 5.74) is 9.00. The van der Waals surface area contributed by atoms with E-state index in [-0.39, 0.29) is 6.16 Å². The quantitative estimate of drug-likeness (QED) is 0.0823. The van der Waals surface area contributed by atoms with Gasteiger partial charge >= 0.3 is 13.8 Å². The van der Waals surface area contributed by atoms with E-state index in [2.05, 4.69) is 60.3 Å². The van der Waals surface area contributed by atoms with E-state index >= 15 is 0 Å². The van der Waals surface area contributed by atoms with E-state index in [0.717, 1.165) is 67.0 Å². The first-order valence-corrected chi connectivity index (χ1v) is 19.4. The van der Waals surface area contributed by atoms with Gasteiger partial charge in [0, 0.05) is 41.0 Å². The summed E-state index contributed by atoms with van der Waals surface area (Å²) < 4.78 is 65.7. The molecule has 0 aliphatic rings. The lowest BCUT2D eigenvalue weighted by Crippen LogP contribution is -2.40. The molecule has 0 aliphatic heterocycles. The van der Waals surface area contributed by atoms with Crippen molar-refractivity contribution < 1.29 is 35.9 Å². The monoisotopic (exact) mass is 738 g/mol. The van der Waals surface area contributed by atoms with Crippen LogP contribution in [0.15, 0.2) is 128 Å². The smallest absolute Gasteiger partial charge is 0.309 e. The Morgan fingerprint density at radius 2 is 1.00 bits per heavy atom. The van der Waals surface area contributed by atoms with Gasteiger partial charge in [0.15, 0.2) is 30.6 Å². The van der Waals surface area contributed by atoms with Crippen LogP contribution < -0.4 is 9.13 Å². The summed E-state index contributed by atoms with van der Waals surface area (Å²) in [6.45, 7) is 6.22. The summed E-state index contributed by atoms with van der Waals surface area (Å²) in [7, 11) is -3.16. The molecule has 3 aromatic carbocycles. The largest absolute Gasteiger partial charge is 0.448 e. The van der Waals surface area contributed by atoms with Gasteiger partial charge in [0.25, 0.3) is 0 Å². The van der Waals surface area contributed by atoms with Gasteiger partial charge < -0.3 is 9.05 Å². The van der Waals surface area contributed by atoms with Crippen molar-refractivity contribution in [1.82, 2.24) is 9.97 Å². The summed E-state index contributed by atoms with van der Waals surface area (Å²) in [6, 6.07) is 33.5. The van der Waals surface area contributed by atoms with Crippen LogP contribution in [0.3, 0.4) is 0 Å². The van der Waals surface area contributed by atoms with Crippen LogP contribution in [0.2, 0.25) is 0 Å². The fraction of sp³-hybridized carbons (Fsp3) is 0.238. The van der Waals surface area contributed by atoms with Crippen molar-refractivity contribution in [3.63, 3.8) is 0 Å². The normalized spacial score (nSPS) is 11.9. The number of aryl methyl sites for hydroxylation is 2. The number of halogens is 3. The zero-order chi connectivity index (χ0) is 37.4. The summed E-state index contributed by atoms with van der Waals surface area (Å²) in [5.74, 6) is 0.552. The molecule has 0 amide bonds. The molecule has 0 radical (unpaired) electrons. The van der Waals surface area contributed by atoms with Crippen LogP contribution in [0.25, 0.3) is 56.2 Å². The van der Waals surface area contributed by atoms with Gasteiger partial charge in [-0.05, 0) is 61.1 Å². The van der Waals surface area contributed by atoms with Crippen molar-refractivity contribution in [2.45, 2.75) is 46.5 Å². The summed E-state index contributed by atoms with van der Waals surface area (Å²) in [5, 5.41) is 0. The van der Waals surface area contributed by atoms with E-state index in [9.17, 15) is 17.7 Å². The molecule has 3 aromatic heterocycles. The third kappa shape index (κ3) is 9.90. The number of alkyl halides is 3. The first-order chi connectivity index (χ1) is 25.5. The molecule has 6 aromatic rings. The first kappa shape index (κ1) is 37.7. The second-order valence-electron chi connectivity index (χ2n) is 12.5. The zero-order valence-corrected chi connectivity index (χ0v) is 30.9. The van der Waals surface area contributed by atoms with Crippen LogP contribution in [0.1, 0.15) is 26.3 Å². The standard InChI is InChI=1S/C42H42F3N4O3P/c1-4-48-24-19-34(20-25-48)32-11-15-36(16-12-32)39-29-40(37-17-13-33(14-18-37)35-21-26-49(27-22-35)30-42(43,44)45)47-41(46-39)38-9-7-31(8-10-38)23-28-53(50,51-5-2)52-6-3/h7-22,24-27,29H,4-6,23,28,30H2,1-3H3/q+2. The number of hydrogen-bond donors (Lipinski definition) is 0. The predicted octanol–water partition coefficient (Wildman–Crippen LogP) is 9.78. The van der Waals surface area contributed by atoms with Gasteiger partial charge in [-0.25, -0.2) is 14.5 Å². The highest BCUT2D eigenvalue weighted by molar-refractivity contribution is 7.53. The van der Waals surface area contributed by atoms with E-state index in [1.54, 1.807) is 26.0 Å². The van der Waals surface area contributed by atoms with Gasteiger partial charge in [-0.15, -0.1) is 0 Å². The van der Waals surface area contributed by atoms with Crippen LogP contribution in [0.4, 0.5) is 13.2 Å². The molecule has 272 valence electrons.